The number of carbonyl (C=O) groups excluding carboxylic acids is 1. The van der Waals surface area contributed by atoms with Crippen LogP contribution in [-0.4, -0.2) is 33.9 Å². The molecule has 6 heteroatoms. The monoisotopic (exact) mass is 409 g/mol. The molecule has 5 rings (SSSR count). The van der Waals surface area contributed by atoms with E-state index < -0.39 is 0 Å². The van der Waals surface area contributed by atoms with Gasteiger partial charge in [0.05, 0.1) is 11.3 Å². The number of rotatable bonds is 4. The van der Waals surface area contributed by atoms with E-state index in [2.05, 4.69) is 31.2 Å². The van der Waals surface area contributed by atoms with Crippen LogP contribution in [0, 0.1) is 0 Å². The van der Waals surface area contributed by atoms with E-state index in [4.69, 9.17) is 0 Å². The number of benzene rings is 2. The third kappa shape index (κ3) is 3.97. The molecule has 0 unspecified atom stereocenters. The van der Waals surface area contributed by atoms with Gasteiger partial charge >= 0.3 is 0 Å². The summed E-state index contributed by atoms with van der Waals surface area (Å²) in [4.78, 5) is 28.3. The van der Waals surface area contributed by atoms with Gasteiger partial charge in [-0.05, 0) is 37.5 Å². The molecule has 2 aromatic heterocycles. The first kappa shape index (κ1) is 19.2. The van der Waals surface area contributed by atoms with Crippen LogP contribution in [0.5, 0.6) is 0 Å². The lowest BCUT2D eigenvalue weighted by atomic mass is 10.0. The molecule has 0 aliphatic carbocycles. The Labute approximate surface area is 181 Å². The highest BCUT2D eigenvalue weighted by atomic mass is 16.1. The van der Waals surface area contributed by atoms with E-state index in [9.17, 15) is 4.79 Å². The summed E-state index contributed by atoms with van der Waals surface area (Å²) < 4.78 is 0. The Kier molecular flexibility index (Phi) is 5.27. The number of fused-ring (bicyclic) bond motifs is 1. The van der Waals surface area contributed by atoms with Crippen LogP contribution in [-0.2, 0) is 0 Å². The Bertz CT molecular complexity index is 1200. The molecule has 154 valence electrons. The van der Waals surface area contributed by atoms with Crippen molar-refractivity contribution in [1.82, 2.24) is 15.0 Å². The number of nitrogens with one attached hydrogen (secondary N) is 1. The number of hydrogen-bond acceptors (Lipinski definition) is 5. The third-order valence-electron chi connectivity index (χ3n) is 5.69. The van der Waals surface area contributed by atoms with E-state index in [0.29, 0.717) is 11.4 Å². The number of nitrogens with zero attached hydrogens (tertiary/aromatic N) is 4. The van der Waals surface area contributed by atoms with Gasteiger partial charge < -0.3 is 10.2 Å². The van der Waals surface area contributed by atoms with Crippen LogP contribution >= 0.6 is 0 Å². The highest BCUT2D eigenvalue weighted by Gasteiger charge is 2.16. The summed E-state index contributed by atoms with van der Waals surface area (Å²) in [5, 5.41) is 5.05. The lowest BCUT2D eigenvalue weighted by Crippen LogP contribution is -2.29. The van der Waals surface area contributed by atoms with Crippen LogP contribution in [0.15, 0.2) is 73.3 Å². The summed E-state index contributed by atoms with van der Waals surface area (Å²) in [6.45, 7) is 2.13. The molecule has 0 atom stereocenters. The van der Waals surface area contributed by atoms with E-state index in [1.807, 2.05) is 48.7 Å². The van der Waals surface area contributed by atoms with E-state index in [-0.39, 0.29) is 5.91 Å². The molecule has 1 aliphatic heterocycles. The number of anilines is 2. The summed E-state index contributed by atoms with van der Waals surface area (Å²) in [5.41, 5.74) is 3.27. The molecule has 3 heterocycles. The number of aromatic nitrogens is 3. The molecule has 0 saturated carbocycles. The molecule has 1 amide bonds. The normalized spacial score (nSPS) is 13.9. The summed E-state index contributed by atoms with van der Waals surface area (Å²) in [5.74, 6) is 0.355. The largest absolute Gasteiger partial charge is 0.371 e. The quantitative estimate of drug-likeness (QED) is 0.517. The van der Waals surface area contributed by atoms with E-state index in [1.165, 1.54) is 24.9 Å². The molecule has 31 heavy (non-hydrogen) atoms. The van der Waals surface area contributed by atoms with E-state index in [1.54, 1.807) is 18.6 Å². The Morgan fingerprint density at radius 2 is 1.61 bits per heavy atom. The molecule has 1 N–H and O–H groups in total. The number of hydrogen-bond donors (Lipinski definition) is 1. The van der Waals surface area contributed by atoms with Crippen molar-refractivity contribution >= 4 is 28.1 Å². The van der Waals surface area contributed by atoms with Crippen LogP contribution in [0.2, 0.25) is 0 Å². The van der Waals surface area contributed by atoms with Gasteiger partial charge in [0.2, 0.25) is 0 Å². The molecular formula is C25H23N5O. The average molecular weight is 409 g/mol. The van der Waals surface area contributed by atoms with Gasteiger partial charge in [0.1, 0.15) is 0 Å². The average Bonchev–Trinajstić information content (AvgIpc) is 2.85. The fraction of sp³-hybridized carbons (Fsp3) is 0.200. The fourth-order valence-corrected chi connectivity index (χ4v) is 4.07. The number of carbonyl (C=O) groups is 1. The highest BCUT2D eigenvalue weighted by Crippen LogP contribution is 2.33. The first-order chi connectivity index (χ1) is 15.3. The molecular weight excluding hydrogens is 386 g/mol. The van der Waals surface area contributed by atoms with E-state index in [0.717, 1.165) is 35.1 Å². The van der Waals surface area contributed by atoms with Crippen molar-refractivity contribution in [1.29, 1.82) is 0 Å². The molecule has 4 aromatic rings. The molecule has 0 radical (unpaired) electrons. The maximum atomic E-state index is 12.9. The Hall–Kier alpha value is -3.80. The van der Waals surface area contributed by atoms with Gasteiger partial charge in [0.25, 0.3) is 5.91 Å². The maximum Gasteiger partial charge on any atom is 0.258 e. The predicted molar refractivity (Wildman–Crippen MR) is 123 cm³/mol. The second kappa shape index (κ2) is 8.52. The minimum Gasteiger partial charge on any atom is -0.371 e. The van der Waals surface area contributed by atoms with Crippen LogP contribution in [0.4, 0.5) is 11.4 Å². The molecule has 0 spiro atoms. The fourth-order valence-electron chi connectivity index (χ4n) is 4.07. The Morgan fingerprint density at radius 3 is 2.39 bits per heavy atom. The van der Waals surface area contributed by atoms with Crippen LogP contribution in [0.1, 0.15) is 29.6 Å². The zero-order valence-electron chi connectivity index (χ0n) is 17.2. The standard InChI is InChI=1S/C25H23N5O/c31-25(19-15-27-24(28-16-19)18-7-3-1-4-8-18)29-22-9-10-23(30-13-5-2-6-14-30)20-11-12-26-17-21(20)22/h1,3-4,7-12,15-17H,2,5-6,13-14H2,(H,29,31). The smallest absolute Gasteiger partial charge is 0.258 e. The molecule has 1 fully saturated rings. The van der Waals surface area contributed by atoms with Gasteiger partial charge in [-0.25, -0.2) is 9.97 Å². The zero-order chi connectivity index (χ0) is 21.0. The van der Waals surface area contributed by atoms with Crippen LogP contribution < -0.4 is 10.2 Å². The minimum atomic E-state index is -0.240. The van der Waals surface area contributed by atoms with Crippen molar-refractivity contribution in [3.63, 3.8) is 0 Å². The second-order valence-electron chi connectivity index (χ2n) is 7.72. The summed E-state index contributed by atoms with van der Waals surface area (Å²) in [6, 6.07) is 15.8. The Balaban J connectivity index is 1.41. The van der Waals surface area contributed by atoms with Crippen LogP contribution in [0.3, 0.4) is 0 Å². The predicted octanol–water partition coefficient (Wildman–Crippen LogP) is 4.93. The van der Waals surface area contributed by atoms with Gasteiger partial charge in [-0.15, -0.1) is 0 Å². The first-order valence-corrected chi connectivity index (χ1v) is 10.6. The third-order valence-corrected chi connectivity index (χ3v) is 5.69. The number of piperidine rings is 1. The van der Waals surface area contributed by atoms with Crippen molar-refractivity contribution in [3.05, 3.63) is 78.9 Å². The second-order valence-corrected chi connectivity index (χ2v) is 7.72. The minimum absolute atomic E-state index is 0.240. The molecule has 0 bridgehead atoms. The summed E-state index contributed by atoms with van der Waals surface area (Å²) in [6.07, 6.45) is 10.5. The molecule has 2 aromatic carbocycles. The SMILES string of the molecule is O=C(Nc1ccc(N2CCCCC2)c2ccncc12)c1cnc(-c2ccccc2)nc1. The van der Waals surface area contributed by atoms with Crippen molar-refractivity contribution in [2.75, 3.05) is 23.3 Å². The first-order valence-electron chi connectivity index (χ1n) is 10.6. The lowest BCUT2D eigenvalue weighted by molar-refractivity contribution is 0.102. The van der Waals surface area contributed by atoms with Crippen molar-refractivity contribution in [3.8, 4) is 11.4 Å². The van der Waals surface area contributed by atoms with E-state index >= 15 is 0 Å². The topological polar surface area (TPSA) is 71.0 Å². The molecule has 6 nitrogen and oxygen atoms in total. The Morgan fingerprint density at radius 1 is 0.839 bits per heavy atom. The molecule has 1 saturated heterocycles. The number of pyridine rings is 1. The van der Waals surface area contributed by atoms with Crippen molar-refractivity contribution < 1.29 is 4.79 Å². The molecule has 1 aliphatic rings. The van der Waals surface area contributed by atoms with Crippen LogP contribution in [0.25, 0.3) is 22.2 Å². The van der Waals surface area contributed by atoms with Crippen molar-refractivity contribution in [2.24, 2.45) is 0 Å². The van der Waals surface area contributed by atoms with Gasteiger partial charge in [-0.1, -0.05) is 30.3 Å². The maximum absolute atomic E-state index is 12.9. The highest BCUT2D eigenvalue weighted by molar-refractivity contribution is 6.11. The number of amides is 1. The van der Waals surface area contributed by atoms with Gasteiger partial charge in [-0.2, -0.15) is 0 Å². The summed E-state index contributed by atoms with van der Waals surface area (Å²) >= 11 is 0. The van der Waals surface area contributed by atoms with Gasteiger partial charge in [0.15, 0.2) is 5.82 Å². The lowest BCUT2D eigenvalue weighted by Gasteiger charge is -2.30. The zero-order valence-corrected chi connectivity index (χ0v) is 17.2. The van der Waals surface area contributed by atoms with Gasteiger partial charge in [-0.3, -0.25) is 9.78 Å². The van der Waals surface area contributed by atoms with Gasteiger partial charge in [0, 0.05) is 59.9 Å². The van der Waals surface area contributed by atoms with Crippen molar-refractivity contribution in [2.45, 2.75) is 19.3 Å². The summed E-state index contributed by atoms with van der Waals surface area (Å²) in [7, 11) is 0.